The van der Waals surface area contributed by atoms with E-state index in [1.807, 2.05) is 19.9 Å². The molecule has 21 heavy (non-hydrogen) atoms. The minimum absolute atomic E-state index is 0.0380. The number of carbonyl (C=O) groups excluding carboxylic acids is 1. The van der Waals surface area contributed by atoms with Crippen molar-refractivity contribution in [2.75, 3.05) is 6.54 Å². The van der Waals surface area contributed by atoms with E-state index in [4.69, 9.17) is 0 Å². The largest absolute Gasteiger partial charge is 0.354 e. The molecule has 0 fully saturated rings. The fraction of sp³-hybridized carbons (Fsp3) is 0.429. The van der Waals surface area contributed by atoms with Crippen molar-refractivity contribution in [2.45, 2.75) is 20.4 Å². The summed E-state index contributed by atoms with van der Waals surface area (Å²) in [4.78, 5) is 27.8. The highest BCUT2D eigenvalue weighted by atomic mass is 16.2. The van der Waals surface area contributed by atoms with E-state index < -0.39 is 0 Å². The normalized spacial score (nSPS) is 10.9. The minimum atomic E-state index is -0.227. The molecule has 0 spiro atoms. The van der Waals surface area contributed by atoms with Gasteiger partial charge in [-0.25, -0.2) is 9.48 Å². The molecule has 2 heterocycles. The highest BCUT2D eigenvalue weighted by Crippen LogP contribution is 2.10. The number of pyridine rings is 1. The van der Waals surface area contributed by atoms with Crippen LogP contribution in [0.2, 0.25) is 0 Å². The maximum atomic E-state index is 12.1. The molecule has 2 aromatic heterocycles. The summed E-state index contributed by atoms with van der Waals surface area (Å²) in [5.74, 6) is 0.397. The average Bonchev–Trinajstić information content (AvgIpc) is 2.76. The zero-order chi connectivity index (χ0) is 15.4. The van der Waals surface area contributed by atoms with Gasteiger partial charge in [0, 0.05) is 25.7 Å². The SMILES string of the molecule is CC(C)C(=O)NCCn1nc(-c2ccccn2)n(C)c1=O. The molecule has 0 aliphatic carbocycles. The number of carbonyl (C=O) groups is 1. The first-order chi connectivity index (χ1) is 10.0. The number of amides is 1. The van der Waals surface area contributed by atoms with Gasteiger partial charge in [0.15, 0.2) is 5.82 Å². The molecule has 0 aromatic carbocycles. The molecular weight excluding hydrogens is 270 g/mol. The van der Waals surface area contributed by atoms with Crippen LogP contribution >= 0.6 is 0 Å². The van der Waals surface area contributed by atoms with Crippen molar-refractivity contribution in [2.24, 2.45) is 13.0 Å². The monoisotopic (exact) mass is 289 g/mol. The van der Waals surface area contributed by atoms with Gasteiger partial charge in [0.05, 0.1) is 6.54 Å². The summed E-state index contributed by atoms with van der Waals surface area (Å²) in [5, 5.41) is 7.04. The number of aromatic nitrogens is 4. The Morgan fingerprint density at radius 3 is 2.76 bits per heavy atom. The maximum Gasteiger partial charge on any atom is 0.346 e. The Balaban J connectivity index is 2.12. The maximum absolute atomic E-state index is 12.1. The van der Waals surface area contributed by atoms with Gasteiger partial charge < -0.3 is 5.32 Å². The fourth-order valence-corrected chi connectivity index (χ4v) is 1.84. The summed E-state index contributed by atoms with van der Waals surface area (Å²) in [6.45, 7) is 4.34. The van der Waals surface area contributed by atoms with E-state index >= 15 is 0 Å². The topological polar surface area (TPSA) is 81.8 Å². The molecule has 0 atom stereocenters. The zero-order valence-corrected chi connectivity index (χ0v) is 12.4. The molecular formula is C14H19N5O2. The minimum Gasteiger partial charge on any atom is -0.354 e. The van der Waals surface area contributed by atoms with Crippen molar-refractivity contribution < 1.29 is 4.79 Å². The van der Waals surface area contributed by atoms with Crippen LogP contribution in [0.25, 0.3) is 11.5 Å². The Morgan fingerprint density at radius 2 is 2.14 bits per heavy atom. The van der Waals surface area contributed by atoms with Gasteiger partial charge in [0.2, 0.25) is 5.91 Å². The second-order valence-electron chi connectivity index (χ2n) is 5.05. The molecule has 7 nitrogen and oxygen atoms in total. The van der Waals surface area contributed by atoms with Gasteiger partial charge in [-0.15, -0.1) is 5.10 Å². The summed E-state index contributed by atoms with van der Waals surface area (Å²) < 4.78 is 2.79. The third-order valence-corrected chi connectivity index (χ3v) is 3.08. The van der Waals surface area contributed by atoms with Crippen molar-refractivity contribution in [3.63, 3.8) is 0 Å². The molecule has 1 N–H and O–H groups in total. The van der Waals surface area contributed by atoms with Gasteiger partial charge in [-0.3, -0.25) is 14.3 Å². The van der Waals surface area contributed by atoms with Crippen LogP contribution in [0.4, 0.5) is 0 Å². The number of nitrogens with zero attached hydrogens (tertiary/aromatic N) is 4. The molecule has 0 saturated carbocycles. The predicted octanol–water partition coefficient (Wildman–Crippen LogP) is 0.416. The third kappa shape index (κ3) is 3.36. The quantitative estimate of drug-likeness (QED) is 0.864. The van der Waals surface area contributed by atoms with Crippen LogP contribution in [-0.2, 0) is 18.4 Å². The van der Waals surface area contributed by atoms with Crippen molar-refractivity contribution in [1.29, 1.82) is 0 Å². The van der Waals surface area contributed by atoms with Crippen LogP contribution in [0.1, 0.15) is 13.8 Å². The van der Waals surface area contributed by atoms with E-state index in [1.165, 1.54) is 9.25 Å². The highest BCUT2D eigenvalue weighted by Gasteiger charge is 2.13. The first kappa shape index (κ1) is 15.0. The van der Waals surface area contributed by atoms with Crippen LogP contribution in [0.3, 0.4) is 0 Å². The van der Waals surface area contributed by atoms with E-state index in [1.54, 1.807) is 25.4 Å². The van der Waals surface area contributed by atoms with Gasteiger partial charge in [-0.2, -0.15) is 0 Å². The summed E-state index contributed by atoms with van der Waals surface area (Å²) in [6, 6.07) is 5.45. The lowest BCUT2D eigenvalue weighted by molar-refractivity contribution is -0.124. The van der Waals surface area contributed by atoms with Crippen molar-refractivity contribution in [1.82, 2.24) is 24.6 Å². The molecule has 2 aromatic rings. The van der Waals surface area contributed by atoms with E-state index in [2.05, 4.69) is 15.4 Å². The molecule has 0 saturated heterocycles. The lowest BCUT2D eigenvalue weighted by Gasteiger charge is -2.06. The molecule has 0 aliphatic heterocycles. The lowest BCUT2D eigenvalue weighted by Crippen LogP contribution is -2.33. The first-order valence-corrected chi connectivity index (χ1v) is 6.83. The standard InChI is InChI=1S/C14H19N5O2/c1-10(2)13(20)16-8-9-19-14(21)18(3)12(17-19)11-6-4-5-7-15-11/h4-7,10H,8-9H2,1-3H3,(H,16,20). The first-order valence-electron chi connectivity index (χ1n) is 6.83. The molecule has 0 radical (unpaired) electrons. The predicted molar refractivity (Wildman–Crippen MR) is 78.5 cm³/mol. The molecule has 0 unspecified atom stereocenters. The van der Waals surface area contributed by atoms with Crippen LogP contribution in [0.15, 0.2) is 29.2 Å². The van der Waals surface area contributed by atoms with Crippen molar-refractivity contribution in [3.8, 4) is 11.5 Å². The Kier molecular flexibility index (Phi) is 4.52. The number of hydrogen-bond acceptors (Lipinski definition) is 4. The van der Waals surface area contributed by atoms with Crippen LogP contribution in [-0.4, -0.2) is 31.8 Å². The number of hydrogen-bond donors (Lipinski definition) is 1. The van der Waals surface area contributed by atoms with E-state index in [0.29, 0.717) is 24.6 Å². The van der Waals surface area contributed by atoms with Gasteiger partial charge in [-0.05, 0) is 12.1 Å². The molecule has 0 aliphatic rings. The van der Waals surface area contributed by atoms with Gasteiger partial charge in [-0.1, -0.05) is 19.9 Å². The molecule has 2 rings (SSSR count). The van der Waals surface area contributed by atoms with Gasteiger partial charge in [0.25, 0.3) is 0 Å². The zero-order valence-electron chi connectivity index (χ0n) is 12.4. The summed E-state index contributed by atoms with van der Waals surface area (Å²) in [6.07, 6.45) is 1.65. The van der Waals surface area contributed by atoms with E-state index in [-0.39, 0.29) is 17.5 Å². The summed E-state index contributed by atoms with van der Waals surface area (Å²) in [7, 11) is 1.66. The van der Waals surface area contributed by atoms with Crippen molar-refractivity contribution >= 4 is 5.91 Å². The lowest BCUT2D eigenvalue weighted by atomic mass is 10.2. The Labute approximate surface area is 122 Å². The molecule has 0 bridgehead atoms. The molecule has 1 amide bonds. The summed E-state index contributed by atoms with van der Waals surface area (Å²) >= 11 is 0. The smallest absolute Gasteiger partial charge is 0.346 e. The van der Waals surface area contributed by atoms with Crippen molar-refractivity contribution in [3.05, 3.63) is 34.9 Å². The number of nitrogens with one attached hydrogen (secondary N) is 1. The Bertz CT molecular complexity index is 672. The Hall–Kier alpha value is -2.44. The van der Waals surface area contributed by atoms with Gasteiger partial charge >= 0.3 is 5.69 Å². The average molecular weight is 289 g/mol. The van der Waals surface area contributed by atoms with E-state index in [0.717, 1.165) is 0 Å². The van der Waals surface area contributed by atoms with Crippen LogP contribution in [0.5, 0.6) is 0 Å². The van der Waals surface area contributed by atoms with Crippen LogP contribution < -0.4 is 11.0 Å². The van der Waals surface area contributed by atoms with E-state index in [9.17, 15) is 9.59 Å². The molecule has 112 valence electrons. The number of rotatable bonds is 5. The fourth-order valence-electron chi connectivity index (χ4n) is 1.84. The highest BCUT2D eigenvalue weighted by molar-refractivity contribution is 5.77. The second kappa shape index (κ2) is 6.34. The summed E-state index contributed by atoms with van der Waals surface area (Å²) in [5.41, 5.74) is 0.413. The van der Waals surface area contributed by atoms with Gasteiger partial charge in [0.1, 0.15) is 5.69 Å². The molecule has 7 heteroatoms. The third-order valence-electron chi connectivity index (χ3n) is 3.08. The second-order valence-corrected chi connectivity index (χ2v) is 5.05. The Morgan fingerprint density at radius 1 is 1.38 bits per heavy atom. The van der Waals surface area contributed by atoms with Crippen LogP contribution in [0, 0.1) is 5.92 Å².